The van der Waals surface area contributed by atoms with E-state index in [9.17, 15) is 18.0 Å². The van der Waals surface area contributed by atoms with Gasteiger partial charge in [-0.2, -0.15) is 0 Å². The Kier molecular flexibility index (Phi) is 3.92. The Morgan fingerprint density at radius 2 is 1.95 bits per heavy atom. The summed E-state index contributed by atoms with van der Waals surface area (Å²) in [7, 11) is -3.58. The fourth-order valence-corrected chi connectivity index (χ4v) is 3.23. The minimum Gasteiger partial charge on any atom is -0.312 e. The summed E-state index contributed by atoms with van der Waals surface area (Å²) in [4.78, 5) is 24.6. The number of amides is 1. The molecule has 0 radical (unpaired) electrons. The Morgan fingerprint density at radius 3 is 2.45 bits per heavy atom. The van der Waals surface area contributed by atoms with Crippen LogP contribution in [0.25, 0.3) is 0 Å². The predicted molar refractivity (Wildman–Crippen MR) is 74.9 cm³/mol. The summed E-state index contributed by atoms with van der Waals surface area (Å²) in [5, 5.41) is 5.00. The normalized spacial score (nSPS) is 19.4. The zero-order valence-electron chi connectivity index (χ0n) is 11.1. The third-order valence-electron chi connectivity index (χ3n) is 3.26. The summed E-state index contributed by atoms with van der Waals surface area (Å²) in [6.07, 6.45) is 0.172. The van der Waals surface area contributed by atoms with Crippen molar-refractivity contribution in [3.05, 3.63) is 29.8 Å². The zero-order chi connectivity index (χ0) is 14.9. The maximum Gasteiger partial charge on any atom is 0.227 e. The van der Waals surface area contributed by atoms with Crippen molar-refractivity contribution in [2.75, 3.05) is 17.2 Å². The maximum absolute atomic E-state index is 11.9. The molecule has 7 heteroatoms. The van der Waals surface area contributed by atoms with E-state index in [1.807, 2.05) is 0 Å². The maximum atomic E-state index is 11.9. The smallest absolute Gasteiger partial charge is 0.227 e. The number of nitrogens with two attached hydrogens (primary N) is 1. The van der Waals surface area contributed by atoms with E-state index in [1.54, 1.807) is 24.3 Å². The van der Waals surface area contributed by atoms with Crippen molar-refractivity contribution in [1.29, 1.82) is 0 Å². The first-order chi connectivity index (χ1) is 9.26. The second-order valence-corrected chi connectivity index (χ2v) is 6.67. The van der Waals surface area contributed by atoms with Gasteiger partial charge in [0.1, 0.15) is 0 Å². The second kappa shape index (κ2) is 5.34. The van der Waals surface area contributed by atoms with E-state index in [1.165, 1.54) is 11.8 Å². The van der Waals surface area contributed by atoms with Gasteiger partial charge in [-0.3, -0.25) is 9.59 Å². The second-order valence-electron chi connectivity index (χ2n) is 5.01. The summed E-state index contributed by atoms with van der Waals surface area (Å²) in [6, 6.07) is 6.68. The summed E-state index contributed by atoms with van der Waals surface area (Å²) in [5.74, 6) is -0.656. The van der Waals surface area contributed by atoms with Crippen LogP contribution in [-0.4, -0.2) is 32.4 Å². The van der Waals surface area contributed by atoms with Crippen LogP contribution in [0.3, 0.4) is 0 Å². The highest BCUT2D eigenvalue weighted by atomic mass is 32.2. The number of rotatable bonds is 4. The van der Waals surface area contributed by atoms with Crippen molar-refractivity contribution in [2.24, 2.45) is 11.1 Å². The SMILES string of the molecule is CC(=O)c1ccc(N2CC(CS(N)(=O)=O)CC2=O)cc1. The standard InChI is InChI=1S/C13H16N2O4S/c1-9(16)11-2-4-12(5-3-11)15-7-10(6-13(15)17)8-20(14,18)19/h2-5,10H,6-8H2,1H3,(H2,14,18,19). The predicted octanol–water partition coefficient (Wildman–Crippen LogP) is 0.531. The van der Waals surface area contributed by atoms with Gasteiger partial charge in [-0.15, -0.1) is 0 Å². The molecule has 2 N–H and O–H groups in total. The van der Waals surface area contributed by atoms with Crippen molar-refractivity contribution in [1.82, 2.24) is 0 Å². The highest BCUT2D eigenvalue weighted by Gasteiger charge is 2.32. The molecule has 1 amide bonds. The van der Waals surface area contributed by atoms with Gasteiger partial charge in [0.2, 0.25) is 15.9 Å². The third-order valence-corrected chi connectivity index (χ3v) is 4.19. The van der Waals surface area contributed by atoms with Crippen molar-refractivity contribution < 1.29 is 18.0 Å². The molecule has 0 spiro atoms. The highest BCUT2D eigenvalue weighted by molar-refractivity contribution is 7.89. The van der Waals surface area contributed by atoms with Crippen molar-refractivity contribution in [3.63, 3.8) is 0 Å². The van der Waals surface area contributed by atoms with Gasteiger partial charge < -0.3 is 4.90 Å². The summed E-state index contributed by atoms with van der Waals surface area (Å²) in [6.45, 7) is 1.80. The number of Topliss-reactive ketones (excluding diaryl/α,β-unsaturated/α-hetero) is 1. The van der Waals surface area contributed by atoms with Crippen molar-refractivity contribution in [2.45, 2.75) is 13.3 Å². The topological polar surface area (TPSA) is 97.5 Å². The Balaban J connectivity index is 2.13. The van der Waals surface area contributed by atoms with Crippen LogP contribution in [0.1, 0.15) is 23.7 Å². The first kappa shape index (κ1) is 14.7. The molecule has 1 atom stereocenters. The molecule has 1 aliphatic heterocycles. The fourth-order valence-electron chi connectivity index (χ4n) is 2.35. The minimum absolute atomic E-state index is 0.0450. The van der Waals surface area contributed by atoms with Gasteiger partial charge >= 0.3 is 0 Å². The number of nitrogens with zero attached hydrogens (tertiary/aromatic N) is 1. The van der Waals surface area contributed by atoms with Crippen LogP contribution in [-0.2, 0) is 14.8 Å². The number of carbonyl (C=O) groups is 2. The first-order valence-electron chi connectivity index (χ1n) is 6.18. The Labute approximate surface area is 117 Å². The van der Waals surface area contributed by atoms with Gasteiger partial charge in [-0.1, -0.05) is 0 Å². The number of carbonyl (C=O) groups excluding carboxylic acids is 2. The van der Waals surface area contributed by atoms with Crippen LogP contribution in [0.2, 0.25) is 0 Å². The lowest BCUT2D eigenvalue weighted by atomic mass is 10.1. The summed E-state index contributed by atoms with van der Waals surface area (Å²) >= 11 is 0. The molecule has 1 fully saturated rings. The van der Waals surface area contributed by atoms with E-state index >= 15 is 0 Å². The first-order valence-corrected chi connectivity index (χ1v) is 7.89. The van der Waals surface area contributed by atoms with Gasteiger partial charge in [0, 0.05) is 30.1 Å². The Hall–Kier alpha value is -1.73. The van der Waals surface area contributed by atoms with Crippen LogP contribution in [0.15, 0.2) is 24.3 Å². The number of anilines is 1. The molecule has 0 bridgehead atoms. The van der Waals surface area contributed by atoms with E-state index in [2.05, 4.69) is 0 Å². The molecule has 6 nitrogen and oxygen atoms in total. The number of sulfonamides is 1. The van der Waals surface area contributed by atoms with E-state index in [0.29, 0.717) is 17.8 Å². The highest BCUT2D eigenvalue weighted by Crippen LogP contribution is 2.26. The van der Waals surface area contributed by atoms with E-state index < -0.39 is 10.0 Å². The molecule has 2 rings (SSSR count). The van der Waals surface area contributed by atoms with Crippen molar-refractivity contribution >= 4 is 27.4 Å². The average molecular weight is 296 g/mol. The molecule has 20 heavy (non-hydrogen) atoms. The van der Waals surface area contributed by atoms with Crippen LogP contribution in [0.4, 0.5) is 5.69 Å². The van der Waals surface area contributed by atoms with Gasteiger partial charge in [0.05, 0.1) is 5.75 Å². The molecule has 0 aromatic heterocycles. The third kappa shape index (κ3) is 3.43. The molecular weight excluding hydrogens is 280 g/mol. The van der Waals surface area contributed by atoms with Crippen LogP contribution in [0, 0.1) is 5.92 Å². The molecule has 1 unspecified atom stereocenters. The molecule has 1 saturated heterocycles. The molecule has 0 aliphatic carbocycles. The molecule has 108 valence electrons. The molecular formula is C13H16N2O4S. The average Bonchev–Trinajstić information content (AvgIpc) is 2.67. The molecule has 0 saturated carbocycles. The monoisotopic (exact) mass is 296 g/mol. The van der Waals surface area contributed by atoms with Crippen LogP contribution >= 0.6 is 0 Å². The number of hydrogen-bond donors (Lipinski definition) is 1. The Bertz CT molecular complexity index is 637. The quantitative estimate of drug-likeness (QED) is 0.819. The summed E-state index contributed by atoms with van der Waals surface area (Å²) in [5.41, 5.74) is 1.23. The molecule has 1 aromatic carbocycles. The van der Waals surface area contributed by atoms with Gasteiger partial charge in [0.15, 0.2) is 5.78 Å². The van der Waals surface area contributed by atoms with E-state index in [4.69, 9.17) is 5.14 Å². The van der Waals surface area contributed by atoms with Crippen molar-refractivity contribution in [3.8, 4) is 0 Å². The lowest BCUT2D eigenvalue weighted by Gasteiger charge is -2.16. The largest absolute Gasteiger partial charge is 0.312 e. The van der Waals surface area contributed by atoms with E-state index in [-0.39, 0.29) is 29.8 Å². The minimum atomic E-state index is -3.58. The van der Waals surface area contributed by atoms with Gasteiger partial charge in [-0.25, -0.2) is 13.6 Å². The number of hydrogen-bond acceptors (Lipinski definition) is 4. The van der Waals surface area contributed by atoms with Crippen LogP contribution in [0.5, 0.6) is 0 Å². The lowest BCUT2D eigenvalue weighted by molar-refractivity contribution is -0.117. The Morgan fingerprint density at radius 1 is 1.35 bits per heavy atom. The van der Waals surface area contributed by atoms with Gasteiger partial charge in [0.25, 0.3) is 0 Å². The molecule has 1 heterocycles. The van der Waals surface area contributed by atoms with Crippen LogP contribution < -0.4 is 10.0 Å². The summed E-state index contributed by atoms with van der Waals surface area (Å²) < 4.78 is 22.1. The zero-order valence-corrected chi connectivity index (χ0v) is 11.9. The van der Waals surface area contributed by atoms with E-state index in [0.717, 1.165) is 0 Å². The number of primary sulfonamides is 1. The number of ketones is 1. The van der Waals surface area contributed by atoms with Gasteiger partial charge in [-0.05, 0) is 31.2 Å². The molecule has 1 aliphatic rings. The fraction of sp³-hybridized carbons (Fsp3) is 0.385. The number of benzene rings is 1. The lowest BCUT2D eigenvalue weighted by Crippen LogP contribution is -2.27. The molecule has 1 aromatic rings.